The smallest absolute Gasteiger partial charge is 0.251 e. The lowest BCUT2D eigenvalue weighted by molar-refractivity contribution is 0.0950. The summed E-state index contributed by atoms with van der Waals surface area (Å²) in [5.41, 5.74) is 3.12. The van der Waals surface area contributed by atoms with Crippen LogP contribution in [0.3, 0.4) is 0 Å². The van der Waals surface area contributed by atoms with E-state index in [0.717, 1.165) is 24.0 Å². The summed E-state index contributed by atoms with van der Waals surface area (Å²) in [5, 5.41) is 4.15. The molecular formula is C17H23N3O. The van der Waals surface area contributed by atoms with Crippen molar-refractivity contribution in [2.75, 3.05) is 26.2 Å². The standard InChI is InChI=1S/C17H23N3O/c1-13-11-15-12-14(5-6-16(15)19(13)2)17(21)18-7-10-20-8-3-4-9-20/h5-6,11-12H,3-4,7-10H2,1-2H3,(H,18,21). The summed E-state index contributed by atoms with van der Waals surface area (Å²) >= 11 is 0. The lowest BCUT2D eigenvalue weighted by Crippen LogP contribution is -2.33. The minimum atomic E-state index is 0.0256. The largest absolute Gasteiger partial charge is 0.351 e. The molecular weight excluding hydrogens is 262 g/mol. The Labute approximate surface area is 125 Å². The van der Waals surface area contributed by atoms with Gasteiger partial charge in [-0.3, -0.25) is 4.79 Å². The van der Waals surface area contributed by atoms with Gasteiger partial charge in [0.2, 0.25) is 0 Å². The number of likely N-dealkylation sites (tertiary alicyclic amines) is 1. The van der Waals surface area contributed by atoms with Crippen molar-refractivity contribution in [3.8, 4) is 0 Å². The molecule has 1 N–H and O–H groups in total. The molecule has 2 heterocycles. The van der Waals surface area contributed by atoms with Crippen LogP contribution >= 0.6 is 0 Å². The van der Waals surface area contributed by atoms with Crippen molar-refractivity contribution in [2.45, 2.75) is 19.8 Å². The van der Waals surface area contributed by atoms with Crippen LogP contribution in [0, 0.1) is 6.92 Å². The predicted octanol–water partition coefficient (Wildman–Crippen LogP) is 2.31. The number of aryl methyl sites for hydroxylation is 2. The first kappa shape index (κ1) is 14.1. The molecule has 0 unspecified atom stereocenters. The molecule has 1 aromatic heterocycles. The first-order chi connectivity index (χ1) is 10.1. The zero-order valence-corrected chi connectivity index (χ0v) is 12.9. The highest BCUT2D eigenvalue weighted by molar-refractivity contribution is 5.98. The molecule has 0 radical (unpaired) electrons. The fourth-order valence-electron chi connectivity index (χ4n) is 3.06. The van der Waals surface area contributed by atoms with Crippen LogP contribution in [-0.2, 0) is 7.05 Å². The van der Waals surface area contributed by atoms with E-state index in [0.29, 0.717) is 0 Å². The van der Waals surface area contributed by atoms with Gasteiger partial charge in [-0.1, -0.05) is 0 Å². The second kappa shape index (κ2) is 5.90. The quantitative estimate of drug-likeness (QED) is 0.936. The van der Waals surface area contributed by atoms with Crippen LogP contribution in [-0.4, -0.2) is 41.6 Å². The highest BCUT2D eigenvalue weighted by atomic mass is 16.1. The fraction of sp³-hybridized carbons (Fsp3) is 0.471. The van der Waals surface area contributed by atoms with E-state index in [9.17, 15) is 4.79 Å². The number of carbonyl (C=O) groups excluding carboxylic acids is 1. The Morgan fingerprint density at radius 1 is 1.24 bits per heavy atom. The molecule has 3 rings (SSSR count). The average Bonchev–Trinajstić information content (AvgIpc) is 3.08. The van der Waals surface area contributed by atoms with Crippen molar-refractivity contribution in [3.05, 3.63) is 35.5 Å². The summed E-state index contributed by atoms with van der Waals surface area (Å²) in [6.45, 7) is 6.11. The van der Waals surface area contributed by atoms with Gasteiger partial charge in [-0.25, -0.2) is 0 Å². The molecule has 112 valence electrons. The number of nitrogens with one attached hydrogen (secondary N) is 1. The Bertz CT molecular complexity index is 653. The number of rotatable bonds is 4. The van der Waals surface area contributed by atoms with Gasteiger partial charge in [0.05, 0.1) is 0 Å². The third kappa shape index (κ3) is 2.95. The Kier molecular flexibility index (Phi) is 3.97. The normalized spacial score (nSPS) is 15.7. The van der Waals surface area contributed by atoms with Crippen molar-refractivity contribution in [1.82, 2.24) is 14.8 Å². The van der Waals surface area contributed by atoms with E-state index in [-0.39, 0.29) is 5.91 Å². The molecule has 2 aromatic rings. The lowest BCUT2D eigenvalue weighted by Gasteiger charge is -2.14. The summed E-state index contributed by atoms with van der Waals surface area (Å²) in [6.07, 6.45) is 2.58. The van der Waals surface area contributed by atoms with Crippen molar-refractivity contribution >= 4 is 16.8 Å². The fourth-order valence-corrected chi connectivity index (χ4v) is 3.06. The summed E-state index contributed by atoms with van der Waals surface area (Å²) in [6, 6.07) is 8.04. The monoisotopic (exact) mass is 285 g/mol. The molecule has 4 nitrogen and oxygen atoms in total. The minimum absolute atomic E-state index is 0.0256. The Morgan fingerprint density at radius 3 is 2.76 bits per heavy atom. The maximum atomic E-state index is 12.2. The molecule has 0 spiro atoms. The topological polar surface area (TPSA) is 37.3 Å². The average molecular weight is 285 g/mol. The van der Waals surface area contributed by atoms with Gasteiger partial charge >= 0.3 is 0 Å². The second-order valence-electron chi connectivity index (χ2n) is 5.92. The number of carbonyl (C=O) groups is 1. The van der Waals surface area contributed by atoms with Gasteiger partial charge in [0.15, 0.2) is 0 Å². The highest BCUT2D eigenvalue weighted by Crippen LogP contribution is 2.19. The van der Waals surface area contributed by atoms with E-state index in [1.165, 1.54) is 37.1 Å². The first-order valence-electron chi connectivity index (χ1n) is 7.72. The third-order valence-electron chi connectivity index (χ3n) is 4.46. The molecule has 21 heavy (non-hydrogen) atoms. The van der Waals surface area contributed by atoms with Crippen LogP contribution in [0.4, 0.5) is 0 Å². The van der Waals surface area contributed by atoms with Crippen molar-refractivity contribution in [1.29, 1.82) is 0 Å². The molecule has 1 aliphatic heterocycles. The van der Waals surface area contributed by atoms with Crippen molar-refractivity contribution in [2.24, 2.45) is 7.05 Å². The van der Waals surface area contributed by atoms with E-state index in [4.69, 9.17) is 0 Å². The SMILES string of the molecule is Cc1cc2cc(C(=O)NCCN3CCCC3)ccc2n1C. The Hall–Kier alpha value is -1.81. The number of aromatic nitrogens is 1. The van der Waals surface area contributed by atoms with E-state index in [2.05, 4.69) is 27.8 Å². The van der Waals surface area contributed by atoms with E-state index in [1.807, 2.05) is 25.2 Å². The zero-order valence-electron chi connectivity index (χ0n) is 12.9. The maximum absolute atomic E-state index is 12.2. The van der Waals surface area contributed by atoms with Gasteiger partial charge in [-0.2, -0.15) is 0 Å². The minimum Gasteiger partial charge on any atom is -0.351 e. The lowest BCUT2D eigenvalue weighted by atomic mass is 10.1. The van der Waals surface area contributed by atoms with Crippen LogP contribution in [0.2, 0.25) is 0 Å². The molecule has 1 saturated heterocycles. The van der Waals surface area contributed by atoms with Crippen LogP contribution < -0.4 is 5.32 Å². The van der Waals surface area contributed by atoms with Crippen LogP contribution in [0.5, 0.6) is 0 Å². The molecule has 1 aliphatic rings. The number of amides is 1. The van der Waals surface area contributed by atoms with Gasteiger partial charge in [-0.05, 0) is 57.1 Å². The molecule has 0 saturated carbocycles. The molecule has 0 bridgehead atoms. The number of benzene rings is 1. The van der Waals surface area contributed by atoms with Gasteiger partial charge in [0, 0.05) is 42.3 Å². The third-order valence-corrected chi connectivity index (χ3v) is 4.46. The summed E-state index contributed by atoms with van der Waals surface area (Å²) in [4.78, 5) is 14.6. The van der Waals surface area contributed by atoms with Crippen LogP contribution in [0.1, 0.15) is 28.9 Å². The summed E-state index contributed by atoms with van der Waals surface area (Å²) in [7, 11) is 2.05. The van der Waals surface area contributed by atoms with Gasteiger partial charge < -0.3 is 14.8 Å². The van der Waals surface area contributed by atoms with Crippen LogP contribution in [0.15, 0.2) is 24.3 Å². The molecule has 1 fully saturated rings. The van der Waals surface area contributed by atoms with E-state index >= 15 is 0 Å². The number of hydrogen-bond acceptors (Lipinski definition) is 2. The first-order valence-corrected chi connectivity index (χ1v) is 7.72. The summed E-state index contributed by atoms with van der Waals surface area (Å²) in [5.74, 6) is 0.0256. The molecule has 1 amide bonds. The zero-order chi connectivity index (χ0) is 14.8. The number of nitrogens with zero attached hydrogens (tertiary/aromatic N) is 2. The van der Waals surface area contributed by atoms with Crippen molar-refractivity contribution in [3.63, 3.8) is 0 Å². The molecule has 1 aromatic carbocycles. The predicted molar refractivity (Wildman–Crippen MR) is 85.7 cm³/mol. The number of hydrogen-bond donors (Lipinski definition) is 1. The second-order valence-corrected chi connectivity index (χ2v) is 5.92. The Morgan fingerprint density at radius 2 is 2.00 bits per heavy atom. The van der Waals surface area contributed by atoms with Gasteiger partial charge in [0.25, 0.3) is 5.91 Å². The number of fused-ring (bicyclic) bond motifs is 1. The molecule has 0 aliphatic carbocycles. The van der Waals surface area contributed by atoms with Crippen LogP contribution in [0.25, 0.3) is 10.9 Å². The van der Waals surface area contributed by atoms with Crippen molar-refractivity contribution < 1.29 is 4.79 Å². The summed E-state index contributed by atoms with van der Waals surface area (Å²) < 4.78 is 2.14. The molecule has 0 atom stereocenters. The molecule has 4 heteroatoms. The Balaban J connectivity index is 1.63. The van der Waals surface area contributed by atoms with Gasteiger partial charge in [-0.15, -0.1) is 0 Å². The highest BCUT2D eigenvalue weighted by Gasteiger charge is 2.12. The maximum Gasteiger partial charge on any atom is 0.251 e. The van der Waals surface area contributed by atoms with Gasteiger partial charge in [0.1, 0.15) is 0 Å². The van der Waals surface area contributed by atoms with E-state index < -0.39 is 0 Å². The van der Waals surface area contributed by atoms with E-state index in [1.54, 1.807) is 0 Å².